The van der Waals surface area contributed by atoms with E-state index in [1.807, 2.05) is 19.2 Å². The van der Waals surface area contributed by atoms with E-state index in [0.29, 0.717) is 5.41 Å². The van der Waals surface area contributed by atoms with Gasteiger partial charge in [-0.2, -0.15) is 0 Å². The first kappa shape index (κ1) is 13.3. The summed E-state index contributed by atoms with van der Waals surface area (Å²) < 4.78 is 0. The van der Waals surface area contributed by atoms with Crippen LogP contribution < -0.4 is 10.6 Å². The van der Waals surface area contributed by atoms with Crippen LogP contribution >= 0.6 is 0 Å². The minimum atomic E-state index is 0.0439. The second-order valence-corrected chi connectivity index (χ2v) is 6.50. The maximum atomic E-state index is 6.04. The third-order valence-electron chi connectivity index (χ3n) is 4.02. The fraction of sp³-hybridized carbons (Fsp3) is 0.667. The largest absolute Gasteiger partial charge is 0.356 e. The molecule has 1 aliphatic rings. The van der Waals surface area contributed by atoms with Crippen molar-refractivity contribution in [2.75, 3.05) is 18.0 Å². The van der Waals surface area contributed by atoms with E-state index in [4.69, 9.17) is 5.73 Å². The van der Waals surface area contributed by atoms with E-state index in [1.54, 1.807) is 0 Å². The molecule has 2 N–H and O–H groups in total. The Labute approximate surface area is 110 Å². The summed E-state index contributed by atoms with van der Waals surface area (Å²) >= 11 is 0. The van der Waals surface area contributed by atoms with Crippen LogP contribution in [-0.2, 0) is 0 Å². The van der Waals surface area contributed by atoms with E-state index < -0.39 is 0 Å². The summed E-state index contributed by atoms with van der Waals surface area (Å²) in [5.41, 5.74) is 7.57. The van der Waals surface area contributed by atoms with Gasteiger partial charge >= 0.3 is 0 Å². The van der Waals surface area contributed by atoms with Gasteiger partial charge in [-0.1, -0.05) is 26.8 Å². The van der Waals surface area contributed by atoms with Crippen LogP contribution in [0.3, 0.4) is 0 Å². The number of aromatic nitrogens is 1. The van der Waals surface area contributed by atoms with Gasteiger partial charge in [0, 0.05) is 30.9 Å². The van der Waals surface area contributed by atoms with Crippen molar-refractivity contribution < 1.29 is 0 Å². The van der Waals surface area contributed by atoms with Crippen molar-refractivity contribution >= 4 is 5.82 Å². The van der Waals surface area contributed by atoms with Gasteiger partial charge in [0.1, 0.15) is 5.82 Å². The van der Waals surface area contributed by atoms with Crippen LogP contribution in [0.15, 0.2) is 18.3 Å². The average molecular weight is 247 g/mol. The lowest BCUT2D eigenvalue weighted by Crippen LogP contribution is -2.27. The highest BCUT2D eigenvalue weighted by molar-refractivity contribution is 5.49. The molecule has 2 unspecified atom stereocenters. The van der Waals surface area contributed by atoms with Crippen molar-refractivity contribution in [3.63, 3.8) is 0 Å². The number of hydrogen-bond donors (Lipinski definition) is 1. The molecule has 1 fully saturated rings. The number of hydrogen-bond acceptors (Lipinski definition) is 3. The third-order valence-corrected chi connectivity index (χ3v) is 4.02. The molecule has 0 amide bonds. The van der Waals surface area contributed by atoms with Crippen LogP contribution in [0.1, 0.15) is 45.7 Å². The third kappa shape index (κ3) is 2.66. The number of rotatable bonds is 2. The van der Waals surface area contributed by atoms with Crippen LogP contribution in [-0.4, -0.2) is 18.1 Å². The lowest BCUT2D eigenvalue weighted by Gasteiger charge is -2.28. The highest BCUT2D eigenvalue weighted by atomic mass is 15.2. The Morgan fingerprint density at radius 3 is 2.72 bits per heavy atom. The molecule has 18 heavy (non-hydrogen) atoms. The van der Waals surface area contributed by atoms with E-state index in [1.165, 1.54) is 6.42 Å². The first-order valence-electron chi connectivity index (χ1n) is 6.85. The van der Waals surface area contributed by atoms with Gasteiger partial charge in [0.15, 0.2) is 0 Å². The number of nitrogens with zero attached hydrogens (tertiary/aromatic N) is 2. The predicted molar refractivity (Wildman–Crippen MR) is 76.6 cm³/mol. The molecule has 0 spiro atoms. The van der Waals surface area contributed by atoms with Crippen LogP contribution in [0.5, 0.6) is 0 Å². The molecule has 2 atom stereocenters. The minimum Gasteiger partial charge on any atom is -0.356 e. The Morgan fingerprint density at radius 1 is 1.44 bits per heavy atom. The van der Waals surface area contributed by atoms with Gasteiger partial charge in [0.05, 0.1) is 0 Å². The number of nitrogens with two attached hydrogens (primary N) is 1. The molecule has 1 saturated heterocycles. The second kappa shape index (κ2) is 4.88. The van der Waals surface area contributed by atoms with Crippen molar-refractivity contribution in [1.29, 1.82) is 0 Å². The van der Waals surface area contributed by atoms with Gasteiger partial charge in [0.2, 0.25) is 0 Å². The summed E-state index contributed by atoms with van der Waals surface area (Å²) in [6.07, 6.45) is 3.12. The molecule has 0 aliphatic carbocycles. The fourth-order valence-electron chi connectivity index (χ4n) is 2.69. The Kier molecular flexibility index (Phi) is 3.62. The summed E-state index contributed by atoms with van der Waals surface area (Å²) in [6.45, 7) is 11.2. The second-order valence-electron chi connectivity index (χ2n) is 6.50. The maximum absolute atomic E-state index is 6.04. The molecule has 3 nitrogen and oxygen atoms in total. The topological polar surface area (TPSA) is 42.1 Å². The molecule has 2 rings (SSSR count). The van der Waals surface area contributed by atoms with Crippen LogP contribution in [0.4, 0.5) is 5.82 Å². The van der Waals surface area contributed by atoms with Crippen LogP contribution in [0, 0.1) is 11.3 Å². The number of pyridine rings is 1. The van der Waals surface area contributed by atoms with Crippen molar-refractivity contribution in [3.05, 3.63) is 23.9 Å². The van der Waals surface area contributed by atoms with Gasteiger partial charge < -0.3 is 10.6 Å². The normalized spacial score (nSPS) is 22.3. The van der Waals surface area contributed by atoms with Crippen molar-refractivity contribution in [1.82, 2.24) is 4.98 Å². The Bertz CT molecular complexity index is 406. The van der Waals surface area contributed by atoms with Crippen LogP contribution in [0.2, 0.25) is 0 Å². The molecule has 3 heteroatoms. The summed E-state index contributed by atoms with van der Waals surface area (Å²) in [4.78, 5) is 6.94. The Balaban J connectivity index is 2.19. The molecule has 1 aromatic rings. The molecular formula is C15H25N3. The minimum absolute atomic E-state index is 0.0439. The monoisotopic (exact) mass is 247 g/mol. The molecule has 0 bridgehead atoms. The van der Waals surface area contributed by atoms with E-state index in [2.05, 4.69) is 36.7 Å². The zero-order valence-corrected chi connectivity index (χ0v) is 12.0. The van der Waals surface area contributed by atoms with E-state index in [9.17, 15) is 0 Å². The van der Waals surface area contributed by atoms with Crippen LogP contribution in [0.25, 0.3) is 0 Å². The first-order valence-corrected chi connectivity index (χ1v) is 6.85. The summed E-state index contributed by atoms with van der Waals surface area (Å²) in [6, 6.07) is 4.11. The molecule has 1 aliphatic heterocycles. The van der Waals surface area contributed by atoms with E-state index in [-0.39, 0.29) is 6.04 Å². The summed E-state index contributed by atoms with van der Waals surface area (Å²) in [5, 5.41) is 0. The highest BCUT2D eigenvalue weighted by Gasteiger charge is 2.33. The van der Waals surface area contributed by atoms with Gasteiger partial charge in [-0.3, -0.25) is 0 Å². The van der Waals surface area contributed by atoms with E-state index in [0.717, 1.165) is 30.4 Å². The zero-order valence-electron chi connectivity index (χ0n) is 12.0. The first-order chi connectivity index (χ1) is 8.39. The molecule has 0 radical (unpaired) electrons. The quantitative estimate of drug-likeness (QED) is 0.873. The molecule has 0 aromatic carbocycles. The van der Waals surface area contributed by atoms with Gasteiger partial charge in [-0.15, -0.1) is 0 Å². The molecule has 100 valence electrons. The van der Waals surface area contributed by atoms with Gasteiger partial charge in [-0.25, -0.2) is 4.98 Å². The standard InChI is InChI=1S/C15H25N3/c1-11(16)13-6-5-8-17-14(13)18-9-7-12(10-18)15(2,3)4/h5-6,8,11-12H,7,9-10,16H2,1-4H3. The van der Waals surface area contributed by atoms with Gasteiger partial charge in [-0.05, 0) is 30.7 Å². The lowest BCUT2D eigenvalue weighted by atomic mass is 9.80. The molecule has 0 saturated carbocycles. The van der Waals surface area contributed by atoms with Crippen molar-refractivity contribution in [3.8, 4) is 0 Å². The molecule has 2 heterocycles. The number of anilines is 1. The lowest BCUT2D eigenvalue weighted by molar-refractivity contribution is 0.263. The fourth-order valence-corrected chi connectivity index (χ4v) is 2.69. The Hall–Kier alpha value is -1.09. The maximum Gasteiger partial charge on any atom is 0.133 e. The molecule has 1 aromatic heterocycles. The van der Waals surface area contributed by atoms with Crippen molar-refractivity contribution in [2.45, 2.75) is 40.2 Å². The Morgan fingerprint density at radius 2 is 2.17 bits per heavy atom. The smallest absolute Gasteiger partial charge is 0.133 e. The van der Waals surface area contributed by atoms with Gasteiger partial charge in [0.25, 0.3) is 0 Å². The van der Waals surface area contributed by atoms with E-state index >= 15 is 0 Å². The average Bonchev–Trinajstić information content (AvgIpc) is 2.77. The zero-order chi connectivity index (χ0) is 13.3. The highest BCUT2D eigenvalue weighted by Crippen LogP contribution is 2.36. The van der Waals surface area contributed by atoms with Crippen molar-refractivity contribution in [2.24, 2.45) is 17.1 Å². The SMILES string of the molecule is CC(N)c1cccnc1N1CCC(C(C)(C)C)C1. The summed E-state index contributed by atoms with van der Waals surface area (Å²) in [7, 11) is 0. The predicted octanol–water partition coefficient (Wildman–Crippen LogP) is 2.97. The molecular weight excluding hydrogens is 222 g/mol. The summed E-state index contributed by atoms with van der Waals surface area (Å²) in [5.74, 6) is 1.82.